The fraction of sp³-hybridized carbons (Fsp3) is 0.421. The predicted molar refractivity (Wildman–Crippen MR) is 114 cm³/mol. The number of rotatable bonds is 10. The summed E-state index contributed by atoms with van der Waals surface area (Å²) < 4.78 is 0.677. The molecule has 6 N–H and O–H groups in total. The van der Waals surface area contributed by atoms with E-state index in [1.54, 1.807) is 30.5 Å². The zero-order chi connectivity index (χ0) is 21.4. The second-order valence-electron chi connectivity index (χ2n) is 6.81. The van der Waals surface area contributed by atoms with Crippen molar-refractivity contribution in [3.05, 3.63) is 40.5 Å². The number of amides is 1. The van der Waals surface area contributed by atoms with Crippen molar-refractivity contribution < 1.29 is 20.1 Å². The van der Waals surface area contributed by atoms with Crippen LogP contribution in [0.5, 0.6) is 0 Å². The van der Waals surface area contributed by atoms with E-state index in [2.05, 4.69) is 41.8 Å². The van der Waals surface area contributed by atoms with E-state index in [1.807, 2.05) is 13.8 Å². The first-order valence-electron chi connectivity index (χ1n) is 9.17. The van der Waals surface area contributed by atoms with E-state index in [4.69, 9.17) is 10.2 Å². The SMILES string of the molecule is CC(C)[C@H](CO)Nc1nc(Nc2ccc(C(=O)NC(CO)CO)cc2)ncc1Br. The summed E-state index contributed by atoms with van der Waals surface area (Å²) in [7, 11) is 0. The van der Waals surface area contributed by atoms with Crippen molar-refractivity contribution in [3.63, 3.8) is 0 Å². The van der Waals surface area contributed by atoms with Crippen molar-refractivity contribution in [1.82, 2.24) is 15.3 Å². The molecule has 29 heavy (non-hydrogen) atoms. The molecule has 1 aromatic carbocycles. The number of aromatic nitrogens is 2. The van der Waals surface area contributed by atoms with Crippen LogP contribution in [0.2, 0.25) is 0 Å². The van der Waals surface area contributed by atoms with Crippen LogP contribution in [-0.4, -0.2) is 63.1 Å². The molecule has 1 aromatic heterocycles. The van der Waals surface area contributed by atoms with Gasteiger partial charge in [-0.05, 0) is 46.1 Å². The monoisotopic (exact) mass is 467 g/mol. The van der Waals surface area contributed by atoms with Gasteiger partial charge in [-0.3, -0.25) is 4.79 Å². The van der Waals surface area contributed by atoms with Gasteiger partial charge in [0.15, 0.2) is 0 Å². The van der Waals surface area contributed by atoms with Gasteiger partial charge in [-0.2, -0.15) is 4.98 Å². The summed E-state index contributed by atoms with van der Waals surface area (Å²) in [5, 5.41) is 36.4. The zero-order valence-corrected chi connectivity index (χ0v) is 17.8. The van der Waals surface area contributed by atoms with Crippen LogP contribution in [0.3, 0.4) is 0 Å². The summed E-state index contributed by atoms with van der Waals surface area (Å²) in [6, 6.07) is 5.78. The van der Waals surface area contributed by atoms with E-state index in [1.165, 1.54) is 0 Å². The Kier molecular flexibility index (Phi) is 8.77. The van der Waals surface area contributed by atoms with Crippen LogP contribution < -0.4 is 16.0 Å². The van der Waals surface area contributed by atoms with Crippen LogP contribution in [0.4, 0.5) is 17.5 Å². The highest BCUT2D eigenvalue weighted by Crippen LogP contribution is 2.24. The van der Waals surface area contributed by atoms with Crippen molar-refractivity contribution >= 4 is 39.3 Å². The molecule has 0 spiro atoms. The molecule has 0 bridgehead atoms. The number of nitrogens with one attached hydrogen (secondary N) is 3. The number of nitrogens with zero attached hydrogens (tertiary/aromatic N) is 2. The van der Waals surface area contributed by atoms with Crippen LogP contribution in [0.15, 0.2) is 34.9 Å². The van der Waals surface area contributed by atoms with E-state index in [0.717, 1.165) is 0 Å². The summed E-state index contributed by atoms with van der Waals surface area (Å²) in [5.74, 6) is 0.743. The van der Waals surface area contributed by atoms with Crippen LogP contribution in [-0.2, 0) is 0 Å². The lowest BCUT2D eigenvalue weighted by Crippen LogP contribution is -2.40. The lowest BCUT2D eigenvalue weighted by Gasteiger charge is -2.21. The second kappa shape index (κ2) is 11.1. The molecular weight excluding hydrogens is 442 g/mol. The van der Waals surface area contributed by atoms with E-state index in [0.29, 0.717) is 27.5 Å². The quantitative estimate of drug-likeness (QED) is 0.308. The molecular formula is C19H26BrN5O4. The number of benzene rings is 1. The Balaban J connectivity index is 2.08. The lowest BCUT2D eigenvalue weighted by atomic mass is 10.1. The molecule has 1 atom stereocenters. The first-order valence-corrected chi connectivity index (χ1v) is 9.96. The van der Waals surface area contributed by atoms with Gasteiger partial charge in [-0.15, -0.1) is 0 Å². The highest BCUT2D eigenvalue weighted by atomic mass is 79.9. The molecule has 1 heterocycles. The molecule has 158 valence electrons. The first-order chi connectivity index (χ1) is 13.9. The summed E-state index contributed by atoms with van der Waals surface area (Å²) in [6.07, 6.45) is 1.61. The maximum Gasteiger partial charge on any atom is 0.251 e. The molecule has 2 rings (SSSR count). The van der Waals surface area contributed by atoms with Crippen molar-refractivity contribution in [2.24, 2.45) is 5.92 Å². The fourth-order valence-electron chi connectivity index (χ4n) is 2.38. The largest absolute Gasteiger partial charge is 0.394 e. The Bertz CT molecular complexity index is 800. The summed E-state index contributed by atoms with van der Waals surface area (Å²) in [5.41, 5.74) is 1.07. The Labute approximate surface area is 177 Å². The van der Waals surface area contributed by atoms with Gasteiger partial charge in [-0.1, -0.05) is 13.8 Å². The number of halogens is 1. The first kappa shape index (κ1) is 23.0. The number of hydrogen-bond acceptors (Lipinski definition) is 8. The van der Waals surface area contributed by atoms with Crippen LogP contribution >= 0.6 is 15.9 Å². The lowest BCUT2D eigenvalue weighted by molar-refractivity contribution is 0.0879. The number of hydrogen-bond donors (Lipinski definition) is 6. The minimum Gasteiger partial charge on any atom is -0.394 e. The van der Waals surface area contributed by atoms with Gasteiger partial charge in [0.1, 0.15) is 5.82 Å². The number of anilines is 3. The van der Waals surface area contributed by atoms with E-state index < -0.39 is 6.04 Å². The Hall–Kier alpha value is -2.27. The third kappa shape index (κ3) is 6.64. The van der Waals surface area contributed by atoms with E-state index in [-0.39, 0.29) is 37.7 Å². The molecule has 2 aromatic rings. The summed E-state index contributed by atoms with van der Waals surface area (Å²) in [4.78, 5) is 20.8. The summed E-state index contributed by atoms with van der Waals surface area (Å²) >= 11 is 3.40. The van der Waals surface area contributed by atoms with Crippen molar-refractivity contribution in [1.29, 1.82) is 0 Å². The van der Waals surface area contributed by atoms with Crippen LogP contribution in [0.1, 0.15) is 24.2 Å². The molecule has 0 saturated carbocycles. The molecule has 1 amide bonds. The van der Waals surface area contributed by atoms with Crippen molar-refractivity contribution in [2.45, 2.75) is 25.9 Å². The summed E-state index contributed by atoms with van der Waals surface area (Å²) in [6.45, 7) is 3.31. The van der Waals surface area contributed by atoms with Gasteiger partial charge in [0.25, 0.3) is 5.91 Å². The zero-order valence-electron chi connectivity index (χ0n) is 16.3. The Morgan fingerprint density at radius 3 is 2.31 bits per heavy atom. The molecule has 0 aliphatic rings. The highest BCUT2D eigenvalue weighted by molar-refractivity contribution is 9.10. The molecule has 10 heteroatoms. The Morgan fingerprint density at radius 2 is 1.76 bits per heavy atom. The molecule has 0 unspecified atom stereocenters. The number of carbonyl (C=O) groups is 1. The van der Waals surface area contributed by atoms with Crippen molar-refractivity contribution in [3.8, 4) is 0 Å². The average molecular weight is 468 g/mol. The van der Waals surface area contributed by atoms with Gasteiger partial charge in [0.2, 0.25) is 5.95 Å². The fourth-order valence-corrected chi connectivity index (χ4v) is 2.68. The van der Waals surface area contributed by atoms with Gasteiger partial charge in [0, 0.05) is 17.4 Å². The topological polar surface area (TPSA) is 140 Å². The number of carbonyl (C=O) groups excluding carboxylic acids is 1. The minimum absolute atomic E-state index is 0.0200. The minimum atomic E-state index is -0.698. The van der Waals surface area contributed by atoms with Crippen molar-refractivity contribution in [2.75, 3.05) is 30.5 Å². The van der Waals surface area contributed by atoms with Gasteiger partial charge in [-0.25, -0.2) is 4.98 Å². The molecule has 0 radical (unpaired) electrons. The molecule has 0 saturated heterocycles. The van der Waals surface area contributed by atoms with E-state index >= 15 is 0 Å². The molecule has 0 aliphatic carbocycles. The highest BCUT2D eigenvalue weighted by Gasteiger charge is 2.15. The third-order valence-corrected chi connectivity index (χ3v) is 4.83. The standard InChI is InChI=1S/C19H26BrN5O4/c1-11(2)16(10-28)24-17-15(20)7-21-19(25-17)23-13-5-3-12(4-6-13)18(29)22-14(8-26)9-27/h3-7,11,14,16,26-28H,8-10H2,1-2H3,(H,22,29)(H2,21,23,24,25)/t16-/m0/s1. The molecule has 0 fully saturated rings. The van der Waals surface area contributed by atoms with E-state index in [9.17, 15) is 9.90 Å². The van der Waals surface area contributed by atoms with Gasteiger partial charge >= 0.3 is 0 Å². The molecule has 0 aliphatic heterocycles. The average Bonchev–Trinajstić information content (AvgIpc) is 2.72. The van der Waals surface area contributed by atoms with Gasteiger partial charge in [0.05, 0.1) is 36.4 Å². The maximum absolute atomic E-state index is 12.1. The van der Waals surface area contributed by atoms with Gasteiger partial charge < -0.3 is 31.3 Å². The van der Waals surface area contributed by atoms with Crippen LogP contribution in [0, 0.1) is 5.92 Å². The second-order valence-corrected chi connectivity index (χ2v) is 7.66. The smallest absolute Gasteiger partial charge is 0.251 e. The third-order valence-electron chi connectivity index (χ3n) is 4.25. The predicted octanol–water partition coefficient (Wildman–Crippen LogP) is 1.49. The van der Waals surface area contributed by atoms with Crippen LogP contribution in [0.25, 0.3) is 0 Å². The maximum atomic E-state index is 12.1. The molecule has 9 nitrogen and oxygen atoms in total. The normalized spacial score (nSPS) is 12.1. The number of aliphatic hydroxyl groups is 3. The number of aliphatic hydroxyl groups excluding tert-OH is 3. The Morgan fingerprint density at radius 1 is 1.10 bits per heavy atom.